The molecule has 0 saturated carbocycles. The van der Waals surface area contributed by atoms with Crippen molar-refractivity contribution >= 4 is 23.3 Å². The second-order valence-corrected chi connectivity index (χ2v) is 3.85. The van der Waals surface area contributed by atoms with Gasteiger partial charge < -0.3 is 17.2 Å². The molecule has 6 N–H and O–H groups in total. The third kappa shape index (κ3) is 3.99. The van der Waals surface area contributed by atoms with E-state index < -0.39 is 0 Å². The van der Waals surface area contributed by atoms with Gasteiger partial charge in [0.15, 0.2) is 5.96 Å². The molecule has 6 heteroatoms. The average molecular weight is 225 g/mol. The van der Waals surface area contributed by atoms with Gasteiger partial charge in [-0.3, -0.25) is 4.99 Å². The van der Waals surface area contributed by atoms with Crippen LogP contribution in [0.4, 0.5) is 0 Å². The van der Waals surface area contributed by atoms with Gasteiger partial charge in [0, 0.05) is 6.54 Å². The lowest BCUT2D eigenvalue weighted by atomic mass is 10.1. The van der Waals surface area contributed by atoms with Gasteiger partial charge in [-0.25, -0.2) is 0 Å². The molecular formula is C9H15N5S. The van der Waals surface area contributed by atoms with Crippen LogP contribution in [0.1, 0.15) is 11.1 Å². The van der Waals surface area contributed by atoms with Crippen LogP contribution in [0.3, 0.4) is 0 Å². The van der Waals surface area contributed by atoms with E-state index in [1.165, 1.54) is 11.1 Å². The highest BCUT2D eigenvalue weighted by Gasteiger charge is 1.98. The van der Waals surface area contributed by atoms with Gasteiger partial charge >= 0.3 is 0 Å². The lowest BCUT2D eigenvalue weighted by molar-refractivity contribution is 0.958. The number of aliphatic imine (C=N–C) groups is 2. The maximum atomic E-state index is 5.46. The molecule has 1 rings (SSSR count). The molecule has 0 spiro atoms. The molecule has 1 aromatic heterocycles. The highest BCUT2D eigenvalue weighted by Crippen LogP contribution is 2.13. The van der Waals surface area contributed by atoms with Crippen LogP contribution in [0.25, 0.3) is 0 Å². The van der Waals surface area contributed by atoms with Crippen molar-refractivity contribution in [1.82, 2.24) is 0 Å². The molecule has 0 aliphatic heterocycles. The zero-order valence-electron chi connectivity index (χ0n) is 8.60. The van der Waals surface area contributed by atoms with Gasteiger partial charge in [-0.1, -0.05) is 0 Å². The van der Waals surface area contributed by atoms with Gasteiger partial charge in [0.05, 0.1) is 0 Å². The first-order valence-electron chi connectivity index (χ1n) is 4.51. The topological polar surface area (TPSA) is 103 Å². The summed E-state index contributed by atoms with van der Waals surface area (Å²) in [7, 11) is 0. The minimum Gasteiger partial charge on any atom is -0.370 e. The Labute approximate surface area is 92.7 Å². The van der Waals surface area contributed by atoms with E-state index in [1.54, 1.807) is 11.3 Å². The van der Waals surface area contributed by atoms with E-state index in [2.05, 4.69) is 27.7 Å². The summed E-state index contributed by atoms with van der Waals surface area (Å²) in [4.78, 5) is 7.65. The minimum absolute atomic E-state index is 0.0667. The standard InChI is InChI=1S/C9H15N5S/c1-6-4-15-5-7(6)2-3-13-9(12)14-8(10)11/h4-5H,2-3H2,1H3,(H6,10,11,12,13,14). The Bertz CT molecular complexity index is 376. The molecule has 82 valence electrons. The van der Waals surface area contributed by atoms with Gasteiger partial charge in [-0.2, -0.15) is 16.3 Å². The van der Waals surface area contributed by atoms with Crippen LogP contribution in [-0.4, -0.2) is 18.5 Å². The van der Waals surface area contributed by atoms with Crippen LogP contribution in [0.2, 0.25) is 0 Å². The van der Waals surface area contributed by atoms with Crippen molar-refractivity contribution in [1.29, 1.82) is 0 Å². The highest BCUT2D eigenvalue weighted by molar-refractivity contribution is 7.08. The number of thiophene rings is 1. The molecule has 0 bridgehead atoms. The molecule has 1 heterocycles. The predicted molar refractivity (Wildman–Crippen MR) is 65.1 cm³/mol. The number of hydrogen-bond donors (Lipinski definition) is 3. The Morgan fingerprint density at radius 2 is 2.07 bits per heavy atom. The van der Waals surface area contributed by atoms with Crippen LogP contribution >= 0.6 is 11.3 Å². The first kappa shape index (κ1) is 11.5. The molecule has 0 aromatic carbocycles. The fraction of sp³-hybridized carbons (Fsp3) is 0.333. The molecule has 1 aromatic rings. The summed E-state index contributed by atoms with van der Waals surface area (Å²) < 4.78 is 0. The molecular weight excluding hydrogens is 210 g/mol. The normalized spacial score (nSPS) is 11.4. The molecule has 0 saturated heterocycles. The largest absolute Gasteiger partial charge is 0.370 e. The lowest BCUT2D eigenvalue weighted by Crippen LogP contribution is -2.26. The van der Waals surface area contributed by atoms with Gasteiger partial charge in [0.25, 0.3) is 0 Å². The summed E-state index contributed by atoms with van der Waals surface area (Å²) in [6, 6.07) is 0. The number of nitrogens with two attached hydrogens (primary N) is 3. The van der Waals surface area contributed by atoms with Crippen LogP contribution < -0.4 is 17.2 Å². The Balaban J connectivity index is 2.46. The number of aryl methyl sites for hydroxylation is 1. The summed E-state index contributed by atoms with van der Waals surface area (Å²) in [5.74, 6) is 0.0610. The summed E-state index contributed by atoms with van der Waals surface area (Å²) in [5, 5.41) is 4.22. The molecule has 15 heavy (non-hydrogen) atoms. The summed E-state index contributed by atoms with van der Waals surface area (Å²) in [6.45, 7) is 2.68. The second-order valence-electron chi connectivity index (χ2n) is 3.11. The Morgan fingerprint density at radius 1 is 1.33 bits per heavy atom. The van der Waals surface area contributed by atoms with E-state index >= 15 is 0 Å². The van der Waals surface area contributed by atoms with Crippen molar-refractivity contribution in [2.24, 2.45) is 27.2 Å². The lowest BCUT2D eigenvalue weighted by Gasteiger charge is -1.97. The zero-order valence-corrected chi connectivity index (χ0v) is 9.42. The van der Waals surface area contributed by atoms with E-state index in [0.717, 1.165) is 6.42 Å². The van der Waals surface area contributed by atoms with Crippen LogP contribution in [0.15, 0.2) is 20.7 Å². The van der Waals surface area contributed by atoms with Crippen molar-refractivity contribution in [2.45, 2.75) is 13.3 Å². The quantitative estimate of drug-likeness (QED) is 0.505. The predicted octanol–water partition coefficient (Wildman–Crippen LogP) is 0.187. The van der Waals surface area contributed by atoms with Gasteiger partial charge in [-0.05, 0) is 35.2 Å². The maximum Gasteiger partial charge on any atom is 0.218 e. The second kappa shape index (κ2) is 5.35. The Hall–Kier alpha value is -1.56. The van der Waals surface area contributed by atoms with Crippen molar-refractivity contribution in [3.63, 3.8) is 0 Å². The van der Waals surface area contributed by atoms with Crippen LogP contribution in [0.5, 0.6) is 0 Å². The fourth-order valence-corrected chi connectivity index (χ4v) is 1.99. The number of nitrogens with zero attached hydrogens (tertiary/aromatic N) is 2. The summed E-state index contributed by atoms with van der Waals surface area (Å²) in [6.07, 6.45) is 0.857. The maximum absolute atomic E-state index is 5.46. The van der Waals surface area contributed by atoms with Gasteiger partial charge in [0.1, 0.15) is 0 Å². The van der Waals surface area contributed by atoms with E-state index in [-0.39, 0.29) is 11.9 Å². The van der Waals surface area contributed by atoms with Crippen LogP contribution in [-0.2, 0) is 6.42 Å². The molecule has 5 nitrogen and oxygen atoms in total. The van der Waals surface area contributed by atoms with E-state index in [4.69, 9.17) is 17.2 Å². The SMILES string of the molecule is Cc1cscc1CCN=C(N)N=C(N)N. The van der Waals surface area contributed by atoms with Crippen LogP contribution in [0, 0.1) is 6.92 Å². The number of guanidine groups is 2. The van der Waals surface area contributed by atoms with E-state index in [1.807, 2.05) is 0 Å². The number of hydrogen-bond acceptors (Lipinski definition) is 2. The van der Waals surface area contributed by atoms with E-state index in [0.29, 0.717) is 6.54 Å². The highest BCUT2D eigenvalue weighted by atomic mass is 32.1. The Kier molecular flexibility index (Phi) is 4.11. The molecule has 0 unspecified atom stereocenters. The fourth-order valence-electron chi connectivity index (χ4n) is 1.10. The molecule has 0 aliphatic carbocycles. The molecule has 0 atom stereocenters. The molecule has 0 aliphatic rings. The summed E-state index contributed by atoms with van der Waals surface area (Å²) >= 11 is 1.69. The molecule has 0 fully saturated rings. The minimum atomic E-state index is -0.0667. The smallest absolute Gasteiger partial charge is 0.218 e. The first-order chi connectivity index (χ1) is 7.09. The number of rotatable bonds is 3. The van der Waals surface area contributed by atoms with Crippen molar-refractivity contribution in [2.75, 3.05) is 6.54 Å². The third-order valence-electron chi connectivity index (χ3n) is 1.86. The molecule has 0 radical (unpaired) electrons. The van der Waals surface area contributed by atoms with E-state index in [9.17, 15) is 0 Å². The monoisotopic (exact) mass is 225 g/mol. The van der Waals surface area contributed by atoms with Gasteiger partial charge in [0.2, 0.25) is 5.96 Å². The van der Waals surface area contributed by atoms with Gasteiger partial charge in [-0.15, -0.1) is 0 Å². The van der Waals surface area contributed by atoms with Crippen molar-refractivity contribution < 1.29 is 0 Å². The van der Waals surface area contributed by atoms with Crippen molar-refractivity contribution in [3.05, 3.63) is 21.9 Å². The molecule has 0 amide bonds. The zero-order chi connectivity index (χ0) is 11.3. The average Bonchev–Trinajstić information content (AvgIpc) is 2.50. The van der Waals surface area contributed by atoms with Crippen molar-refractivity contribution in [3.8, 4) is 0 Å². The Morgan fingerprint density at radius 3 is 2.60 bits per heavy atom. The third-order valence-corrected chi connectivity index (χ3v) is 2.77. The first-order valence-corrected chi connectivity index (χ1v) is 5.45. The summed E-state index contributed by atoms with van der Waals surface area (Å²) in [5.41, 5.74) is 18.3.